The van der Waals surface area contributed by atoms with E-state index in [-0.39, 0.29) is 5.75 Å². The van der Waals surface area contributed by atoms with Crippen LogP contribution in [0.2, 0.25) is 0 Å². The maximum atomic E-state index is 11.2. The minimum Gasteiger partial charge on any atom is -0.299 e. The third kappa shape index (κ3) is 4.95. The Balaban J connectivity index is 1.85. The Morgan fingerprint density at radius 2 is 2.21 bits per heavy atom. The van der Waals surface area contributed by atoms with Crippen molar-refractivity contribution in [2.24, 2.45) is 0 Å². The summed E-state index contributed by atoms with van der Waals surface area (Å²) in [7, 11) is -2.84. The maximum Gasteiger partial charge on any atom is 0.147 e. The number of hydrogen-bond acceptors (Lipinski definition) is 4. The second kappa shape index (κ2) is 6.52. The molecule has 1 aliphatic rings. The Morgan fingerprint density at radius 3 is 2.89 bits per heavy atom. The van der Waals surface area contributed by atoms with E-state index in [0.717, 1.165) is 26.1 Å². The van der Waals surface area contributed by atoms with Gasteiger partial charge in [0.1, 0.15) is 9.84 Å². The number of sulfone groups is 1. The van der Waals surface area contributed by atoms with E-state index in [9.17, 15) is 8.42 Å². The van der Waals surface area contributed by atoms with Crippen LogP contribution in [0, 0.1) is 0 Å². The average molecular weight is 285 g/mol. The van der Waals surface area contributed by atoms with Crippen molar-refractivity contribution in [1.29, 1.82) is 0 Å². The standard InChI is InChI=1S/C13H23N3O2S/c1-19(17,18)11-5-9-15-8-3-2-6-13(15)12-16-10-4-7-14-16/h4,7,10,13H,2-3,5-6,8-9,11-12H2,1H3/t13-/m0/s1. The van der Waals surface area contributed by atoms with E-state index in [1.54, 1.807) is 6.20 Å². The molecule has 0 spiro atoms. The van der Waals surface area contributed by atoms with Gasteiger partial charge in [0, 0.05) is 24.7 Å². The van der Waals surface area contributed by atoms with Crippen LogP contribution < -0.4 is 0 Å². The molecule has 6 heteroatoms. The summed E-state index contributed by atoms with van der Waals surface area (Å²) in [5, 5.41) is 4.26. The van der Waals surface area contributed by atoms with Crippen molar-refractivity contribution in [2.45, 2.75) is 38.3 Å². The Morgan fingerprint density at radius 1 is 1.37 bits per heavy atom. The molecule has 0 aliphatic carbocycles. The highest BCUT2D eigenvalue weighted by molar-refractivity contribution is 7.90. The first-order chi connectivity index (χ1) is 9.04. The van der Waals surface area contributed by atoms with Crippen LogP contribution >= 0.6 is 0 Å². The summed E-state index contributed by atoms with van der Waals surface area (Å²) >= 11 is 0. The second-order valence-electron chi connectivity index (χ2n) is 5.40. The van der Waals surface area contributed by atoms with Crippen LogP contribution in [0.15, 0.2) is 18.5 Å². The molecule has 0 aromatic carbocycles. The zero-order valence-corrected chi connectivity index (χ0v) is 12.3. The molecule has 0 radical (unpaired) electrons. The van der Waals surface area contributed by atoms with Crippen molar-refractivity contribution in [3.63, 3.8) is 0 Å². The van der Waals surface area contributed by atoms with Crippen LogP contribution in [0.25, 0.3) is 0 Å². The van der Waals surface area contributed by atoms with Crippen LogP contribution in [0.3, 0.4) is 0 Å². The number of hydrogen-bond donors (Lipinski definition) is 0. The summed E-state index contributed by atoms with van der Waals surface area (Å²) in [4.78, 5) is 2.43. The van der Waals surface area contributed by atoms with Crippen molar-refractivity contribution in [3.05, 3.63) is 18.5 Å². The van der Waals surface area contributed by atoms with E-state index in [0.29, 0.717) is 6.04 Å². The Kier molecular flexibility index (Phi) is 4.99. The highest BCUT2D eigenvalue weighted by atomic mass is 32.2. The van der Waals surface area contributed by atoms with Crippen molar-refractivity contribution in [2.75, 3.05) is 25.1 Å². The van der Waals surface area contributed by atoms with Gasteiger partial charge in [-0.15, -0.1) is 0 Å². The van der Waals surface area contributed by atoms with Crippen LogP contribution in [-0.2, 0) is 16.4 Å². The van der Waals surface area contributed by atoms with Gasteiger partial charge < -0.3 is 0 Å². The van der Waals surface area contributed by atoms with Gasteiger partial charge in [0.2, 0.25) is 0 Å². The molecule has 108 valence electrons. The number of piperidine rings is 1. The van der Waals surface area contributed by atoms with Crippen LogP contribution in [0.4, 0.5) is 0 Å². The molecule has 1 aliphatic heterocycles. The van der Waals surface area contributed by atoms with Crippen molar-refractivity contribution >= 4 is 9.84 Å². The summed E-state index contributed by atoms with van der Waals surface area (Å²) in [6.07, 6.45) is 9.49. The van der Waals surface area contributed by atoms with Gasteiger partial charge in [-0.1, -0.05) is 6.42 Å². The highest BCUT2D eigenvalue weighted by Crippen LogP contribution is 2.18. The van der Waals surface area contributed by atoms with Gasteiger partial charge >= 0.3 is 0 Å². The summed E-state index contributed by atoms with van der Waals surface area (Å²) in [5.74, 6) is 0.290. The molecule has 5 nitrogen and oxygen atoms in total. The van der Waals surface area contributed by atoms with Crippen LogP contribution in [0.1, 0.15) is 25.7 Å². The molecule has 1 fully saturated rings. The third-order valence-electron chi connectivity index (χ3n) is 3.67. The molecule has 1 saturated heterocycles. The topological polar surface area (TPSA) is 55.2 Å². The predicted molar refractivity (Wildman–Crippen MR) is 75.8 cm³/mol. The van der Waals surface area contributed by atoms with E-state index in [4.69, 9.17) is 0 Å². The zero-order chi connectivity index (χ0) is 13.7. The molecular formula is C13H23N3O2S. The lowest BCUT2D eigenvalue weighted by atomic mass is 10.0. The normalized spacial score (nSPS) is 21.6. The molecule has 0 saturated carbocycles. The number of nitrogens with zero attached hydrogens (tertiary/aromatic N) is 3. The van der Waals surface area contributed by atoms with Crippen LogP contribution in [0.5, 0.6) is 0 Å². The molecule has 0 N–H and O–H groups in total. The van der Waals surface area contributed by atoms with E-state index < -0.39 is 9.84 Å². The fourth-order valence-corrected chi connectivity index (χ4v) is 3.37. The van der Waals surface area contributed by atoms with Gasteiger partial charge in [-0.3, -0.25) is 9.58 Å². The first-order valence-electron chi connectivity index (χ1n) is 6.94. The lowest BCUT2D eigenvalue weighted by molar-refractivity contribution is 0.130. The molecule has 2 heterocycles. The smallest absolute Gasteiger partial charge is 0.147 e. The Labute approximate surface area is 115 Å². The minimum atomic E-state index is -2.84. The molecule has 1 aromatic rings. The average Bonchev–Trinajstić information content (AvgIpc) is 2.82. The second-order valence-corrected chi connectivity index (χ2v) is 7.66. The van der Waals surface area contributed by atoms with Crippen LogP contribution in [-0.4, -0.2) is 54.2 Å². The van der Waals surface area contributed by atoms with Gasteiger partial charge in [-0.05, 0) is 38.4 Å². The minimum absolute atomic E-state index is 0.290. The monoisotopic (exact) mass is 285 g/mol. The largest absolute Gasteiger partial charge is 0.299 e. The molecular weight excluding hydrogens is 262 g/mol. The fraction of sp³-hybridized carbons (Fsp3) is 0.769. The highest BCUT2D eigenvalue weighted by Gasteiger charge is 2.22. The summed E-state index contributed by atoms with van der Waals surface area (Å²) in [5.41, 5.74) is 0. The maximum absolute atomic E-state index is 11.2. The van der Waals surface area contributed by atoms with E-state index >= 15 is 0 Å². The van der Waals surface area contributed by atoms with Crippen molar-refractivity contribution < 1.29 is 8.42 Å². The summed E-state index contributed by atoms with van der Waals surface area (Å²) in [6, 6.07) is 2.44. The number of aromatic nitrogens is 2. The SMILES string of the molecule is CS(=O)(=O)CCCN1CCCC[C@H]1Cn1cccn1. The lowest BCUT2D eigenvalue weighted by Crippen LogP contribution is -2.43. The molecule has 2 rings (SSSR count). The molecule has 0 amide bonds. The quantitative estimate of drug-likeness (QED) is 0.787. The zero-order valence-electron chi connectivity index (χ0n) is 11.5. The number of rotatable bonds is 6. The third-order valence-corrected chi connectivity index (χ3v) is 4.70. The molecule has 0 unspecified atom stereocenters. The first-order valence-corrected chi connectivity index (χ1v) is 9.00. The van der Waals surface area contributed by atoms with E-state index in [1.807, 2.05) is 16.9 Å². The van der Waals surface area contributed by atoms with Crippen molar-refractivity contribution in [3.8, 4) is 0 Å². The summed E-state index contributed by atoms with van der Waals surface area (Å²) < 4.78 is 24.3. The molecule has 1 atom stereocenters. The van der Waals surface area contributed by atoms with E-state index in [1.165, 1.54) is 25.5 Å². The molecule has 1 aromatic heterocycles. The van der Waals surface area contributed by atoms with Gasteiger partial charge in [0.05, 0.1) is 12.3 Å². The van der Waals surface area contributed by atoms with Gasteiger partial charge in [-0.25, -0.2) is 8.42 Å². The van der Waals surface area contributed by atoms with Gasteiger partial charge in [-0.2, -0.15) is 5.10 Å². The Bertz CT molecular complexity index is 470. The fourth-order valence-electron chi connectivity index (χ4n) is 2.72. The molecule has 19 heavy (non-hydrogen) atoms. The van der Waals surface area contributed by atoms with Gasteiger partial charge in [0.15, 0.2) is 0 Å². The van der Waals surface area contributed by atoms with Crippen molar-refractivity contribution in [1.82, 2.24) is 14.7 Å². The number of likely N-dealkylation sites (tertiary alicyclic amines) is 1. The summed E-state index contributed by atoms with van der Waals surface area (Å²) in [6.45, 7) is 2.86. The van der Waals surface area contributed by atoms with E-state index in [2.05, 4.69) is 10.00 Å². The Hall–Kier alpha value is -0.880. The lowest BCUT2D eigenvalue weighted by Gasteiger charge is -2.35. The first kappa shape index (κ1) is 14.5. The molecule has 0 bridgehead atoms. The predicted octanol–water partition coefficient (Wildman–Crippen LogP) is 1.17. The van der Waals surface area contributed by atoms with Gasteiger partial charge in [0.25, 0.3) is 0 Å².